The van der Waals surface area contributed by atoms with Gasteiger partial charge < -0.3 is 20.2 Å². The van der Waals surface area contributed by atoms with Crippen molar-refractivity contribution in [2.75, 3.05) is 31.5 Å². The average Bonchev–Trinajstić information content (AvgIpc) is 3.46. The van der Waals surface area contributed by atoms with Crippen molar-refractivity contribution in [1.29, 1.82) is 5.26 Å². The summed E-state index contributed by atoms with van der Waals surface area (Å²) in [6.45, 7) is 2.83. The highest BCUT2D eigenvalue weighted by molar-refractivity contribution is 5.89. The summed E-state index contributed by atoms with van der Waals surface area (Å²) in [4.78, 5) is 17.4. The lowest BCUT2D eigenvalue weighted by Gasteiger charge is -2.37. The molecule has 0 radical (unpaired) electrons. The molecule has 3 aliphatic rings. The van der Waals surface area contributed by atoms with Crippen LogP contribution in [0.1, 0.15) is 49.7 Å². The van der Waals surface area contributed by atoms with E-state index in [1.807, 2.05) is 23.1 Å². The molecule has 8 heteroatoms. The zero-order valence-electron chi connectivity index (χ0n) is 20.3. The van der Waals surface area contributed by atoms with Gasteiger partial charge in [-0.2, -0.15) is 5.26 Å². The molecule has 36 heavy (non-hydrogen) atoms. The number of nitrogens with zero attached hydrogens (tertiary/aromatic N) is 3. The smallest absolute Gasteiger partial charge is 0.322 e. The number of rotatable bonds is 7. The second-order valence-corrected chi connectivity index (χ2v) is 10.6. The predicted molar refractivity (Wildman–Crippen MR) is 132 cm³/mol. The van der Waals surface area contributed by atoms with Gasteiger partial charge in [0.05, 0.1) is 17.7 Å². The number of anilines is 1. The number of hydrogen-bond acceptors (Lipinski definition) is 4. The third-order valence-corrected chi connectivity index (χ3v) is 8.22. The van der Waals surface area contributed by atoms with Crippen molar-refractivity contribution in [3.05, 3.63) is 65.2 Å². The molecule has 3 fully saturated rings. The van der Waals surface area contributed by atoms with Crippen LogP contribution < -0.4 is 5.32 Å². The van der Waals surface area contributed by atoms with Crippen LogP contribution in [0.2, 0.25) is 0 Å². The van der Waals surface area contributed by atoms with Gasteiger partial charge in [0.2, 0.25) is 0 Å². The SMILES string of the molecule is N#Cc1cccc([C@]23CC[C@@H](N(CCCN4CC[C@H](O)C4)C(=O)Nc4cc(F)cc(F)c4)CC2C3)c1. The molecule has 1 aliphatic heterocycles. The molecule has 2 aliphatic carbocycles. The number of halogens is 2. The summed E-state index contributed by atoms with van der Waals surface area (Å²) in [5.41, 5.74) is 2.08. The third kappa shape index (κ3) is 5.23. The van der Waals surface area contributed by atoms with Gasteiger partial charge in [-0.25, -0.2) is 13.6 Å². The van der Waals surface area contributed by atoms with Crippen LogP contribution >= 0.6 is 0 Å². The Morgan fingerprint density at radius 2 is 2.03 bits per heavy atom. The number of nitriles is 1. The summed E-state index contributed by atoms with van der Waals surface area (Å²) in [6.07, 6.45) is 4.93. The Morgan fingerprint density at radius 3 is 2.72 bits per heavy atom. The first-order chi connectivity index (χ1) is 17.4. The quantitative estimate of drug-likeness (QED) is 0.588. The molecule has 4 atom stereocenters. The number of likely N-dealkylation sites (tertiary alicyclic amines) is 1. The maximum atomic E-state index is 13.7. The van der Waals surface area contributed by atoms with E-state index in [0.717, 1.165) is 69.8 Å². The number of urea groups is 1. The fourth-order valence-corrected chi connectivity index (χ4v) is 6.30. The van der Waals surface area contributed by atoms with Crippen molar-refractivity contribution >= 4 is 11.7 Å². The van der Waals surface area contributed by atoms with Gasteiger partial charge in [0.15, 0.2) is 0 Å². The van der Waals surface area contributed by atoms with E-state index in [-0.39, 0.29) is 29.3 Å². The van der Waals surface area contributed by atoms with Gasteiger partial charge in [0.25, 0.3) is 0 Å². The van der Waals surface area contributed by atoms with Crippen LogP contribution in [0.4, 0.5) is 19.3 Å². The van der Waals surface area contributed by atoms with E-state index in [4.69, 9.17) is 0 Å². The van der Waals surface area contributed by atoms with E-state index in [9.17, 15) is 23.9 Å². The molecule has 2 aromatic rings. The fourth-order valence-electron chi connectivity index (χ4n) is 6.30. The summed E-state index contributed by atoms with van der Waals surface area (Å²) in [7, 11) is 0. The molecule has 1 heterocycles. The first kappa shape index (κ1) is 24.7. The van der Waals surface area contributed by atoms with Crippen molar-refractivity contribution in [2.45, 2.75) is 56.1 Å². The fraction of sp³-hybridized carbons (Fsp3) is 0.500. The maximum Gasteiger partial charge on any atom is 0.322 e. The second kappa shape index (κ2) is 10.2. The second-order valence-electron chi connectivity index (χ2n) is 10.6. The van der Waals surface area contributed by atoms with Gasteiger partial charge in [-0.05, 0) is 86.2 Å². The molecule has 2 amide bonds. The third-order valence-electron chi connectivity index (χ3n) is 8.22. The molecule has 0 aromatic heterocycles. The van der Waals surface area contributed by atoms with Crippen molar-refractivity contribution < 1.29 is 18.7 Å². The lowest BCUT2D eigenvalue weighted by Crippen LogP contribution is -2.46. The largest absolute Gasteiger partial charge is 0.392 e. The summed E-state index contributed by atoms with van der Waals surface area (Å²) < 4.78 is 27.4. The van der Waals surface area contributed by atoms with Crippen LogP contribution in [0, 0.1) is 28.9 Å². The standard InChI is InChI=1S/C28H32F2N4O2/c29-22-13-23(30)15-24(14-22)32-27(36)34(9-2-8-33-10-6-26(35)18-33)25-5-7-28(16-21(28)12-25)20-4-1-3-19(11-20)17-31/h1,3-4,11,13-15,21,25-26,35H,2,5-10,12,16,18H2,(H,32,36)/t21?,25-,26+,28-/m1/s1. The number of fused-ring (bicyclic) bond motifs is 1. The van der Waals surface area contributed by atoms with E-state index in [2.05, 4.69) is 22.4 Å². The molecule has 190 valence electrons. The summed E-state index contributed by atoms with van der Waals surface area (Å²) in [5.74, 6) is -1.02. The number of β-amino-alcohol motifs (C(OH)–C–C–N with tert-alkyl or cyclic N) is 1. The lowest BCUT2D eigenvalue weighted by molar-refractivity contribution is 0.151. The normalized spacial score (nSPS) is 27.2. The molecule has 1 saturated heterocycles. The Kier molecular flexibility index (Phi) is 6.96. The Labute approximate surface area is 210 Å². The molecule has 1 unspecified atom stereocenters. The zero-order chi connectivity index (χ0) is 25.3. The van der Waals surface area contributed by atoms with Gasteiger partial charge in [0.1, 0.15) is 11.6 Å². The number of amides is 2. The molecular weight excluding hydrogens is 462 g/mol. The first-order valence-corrected chi connectivity index (χ1v) is 12.8. The van der Waals surface area contributed by atoms with Crippen LogP contribution in [-0.2, 0) is 5.41 Å². The summed E-state index contributed by atoms with van der Waals surface area (Å²) in [5, 5.41) is 21.8. The van der Waals surface area contributed by atoms with Crippen molar-refractivity contribution in [1.82, 2.24) is 9.80 Å². The van der Waals surface area contributed by atoms with Crippen LogP contribution in [0.25, 0.3) is 0 Å². The van der Waals surface area contributed by atoms with Crippen molar-refractivity contribution in [3.63, 3.8) is 0 Å². The van der Waals surface area contributed by atoms with Gasteiger partial charge in [-0.3, -0.25) is 0 Å². The first-order valence-electron chi connectivity index (χ1n) is 12.8. The number of aliphatic hydroxyl groups is 1. The number of nitrogens with one attached hydrogen (secondary N) is 1. The minimum atomic E-state index is -0.732. The highest BCUT2D eigenvalue weighted by Crippen LogP contribution is 2.62. The average molecular weight is 495 g/mol. The van der Waals surface area contributed by atoms with Gasteiger partial charge in [-0.1, -0.05) is 12.1 Å². The van der Waals surface area contributed by atoms with E-state index in [1.54, 1.807) is 0 Å². The molecule has 2 aromatic carbocycles. The van der Waals surface area contributed by atoms with Crippen molar-refractivity contribution in [3.8, 4) is 6.07 Å². The predicted octanol–water partition coefficient (Wildman–Crippen LogP) is 4.64. The Hall–Kier alpha value is -3.02. The molecule has 2 N–H and O–H groups in total. The number of benzene rings is 2. The van der Waals surface area contributed by atoms with Crippen LogP contribution in [0.5, 0.6) is 0 Å². The molecule has 0 bridgehead atoms. The topological polar surface area (TPSA) is 79.6 Å². The molecule has 2 saturated carbocycles. The highest BCUT2D eigenvalue weighted by atomic mass is 19.1. The van der Waals surface area contributed by atoms with Crippen molar-refractivity contribution in [2.24, 2.45) is 5.92 Å². The number of carbonyl (C=O) groups is 1. The molecule has 6 nitrogen and oxygen atoms in total. The Morgan fingerprint density at radius 1 is 1.22 bits per heavy atom. The number of carbonyl (C=O) groups excluding carboxylic acids is 1. The monoisotopic (exact) mass is 494 g/mol. The minimum absolute atomic E-state index is 0.0346. The van der Waals surface area contributed by atoms with E-state index in [1.165, 1.54) is 5.56 Å². The van der Waals surface area contributed by atoms with E-state index < -0.39 is 11.6 Å². The van der Waals surface area contributed by atoms with Gasteiger partial charge in [0, 0.05) is 37.4 Å². The molecule has 5 rings (SSSR count). The molecule has 0 spiro atoms. The summed E-state index contributed by atoms with van der Waals surface area (Å²) >= 11 is 0. The maximum absolute atomic E-state index is 13.7. The Bertz CT molecular complexity index is 1150. The van der Waals surface area contributed by atoms with Crippen LogP contribution in [0.3, 0.4) is 0 Å². The number of aliphatic hydroxyl groups excluding tert-OH is 1. The van der Waals surface area contributed by atoms with Gasteiger partial charge >= 0.3 is 6.03 Å². The van der Waals surface area contributed by atoms with E-state index >= 15 is 0 Å². The zero-order valence-corrected chi connectivity index (χ0v) is 20.3. The minimum Gasteiger partial charge on any atom is -0.392 e. The number of hydrogen-bond donors (Lipinski definition) is 2. The molecular formula is C28H32F2N4O2. The van der Waals surface area contributed by atoms with Crippen LogP contribution in [0.15, 0.2) is 42.5 Å². The van der Waals surface area contributed by atoms with Gasteiger partial charge in [-0.15, -0.1) is 0 Å². The van der Waals surface area contributed by atoms with Crippen LogP contribution in [-0.4, -0.2) is 59.3 Å². The highest BCUT2D eigenvalue weighted by Gasteiger charge is 2.58. The lowest BCUT2D eigenvalue weighted by atomic mass is 9.80. The Balaban J connectivity index is 1.27. The van der Waals surface area contributed by atoms with E-state index in [0.29, 0.717) is 24.6 Å². The summed E-state index contributed by atoms with van der Waals surface area (Å²) in [6, 6.07) is 12.8.